The number of nitrogens with one attached hydrogen (secondary N) is 1. The summed E-state index contributed by atoms with van der Waals surface area (Å²) in [6.45, 7) is 2.95. The number of nitrogens with zero attached hydrogens (tertiary/aromatic N) is 3. The third-order valence-electron chi connectivity index (χ3n) is 4.04. The summed E-state index contributed by atoms with van der Waals surface area (Å²) in [7, 11) is -4.03. The van der Waals surface area contributed by atoms with Crippen molar-refractivity contribution in [3.63, 3.8) is 0 Å². The minimum absolute atomic E-state index is 0.333. The first kappa shape index (κ1) is 18.8. The third-order valence-corrected chi connectivity index (χ3v) is 5.52. The summed E-state index contributed by atoms with van der Waals surface area (Å²) in [6, 6.07) is 0.984. The zero-order valence-electron chi connectivity index (χ0n) is 13.8. The summed E-state index contributed by atoms with van der Waals surface area (Å²) in [6.07, 6.45) is -0.607. The van der Waals surface area contributed by atoms with Crippen LogP contribution in [0.25, 0.3) is 0 Å². The van der Waals surface area contributed by atoms with Crippen molar-refractivity contribution in [2.75, 3.05) is 6.61 Å². The van der Waals surface area contributed by atoms with E-state index in [-0.39, 0.29) is 4.90 Å². The molecule has 1 N–H and O–H groups in total. The first-order valence-corrected chi connectivity index (χ1v) is 9.38. The van der Waals surface area contributed by atoms with Crippen LogP contribution in [-0.4, -0.2) is 35.8 Å². The predicted molar refractivity (Wildman–Crippen MR) is 84.6 cm³/mol. The maximum Gasteiger partial charge on any atom is 0.433 e. The Morgan fingerprint density at radius 1 is 1.35 bits per heavy atom. The minimum Gasteiger partial charge on any atom is -0.372 e. The average Bonchev–Trinajstić information content (AvgIpc) is 3.22. The fourth-order valence-corrected chi connectivity index (χ4v) is 3.93. The van der Waals surface area contributed by atoms with Crippen LogP contribution in [-0.2, 0) is 27.5 Å². The van der Waals surface area contributed by atoms with E-state index in [0.717, 1.165) is 11.6 Å². The molecule has 26 heavy (non-hydrogen) atoms. The van der Waals surface area contributed by atoms with E-state index in [4.69, 9.17) is 4.74 Å². The molecule has 0 spiro atoms. The van der Waals surface area contributed by atoms with Gasteiger partial charge < -0.3 is 4.74 Å². The zero-order valence-corrected chi connectivity index (χ0v) is 14.6. The highest BCUT2D eigenvalue weighted by molar-refractivity contribution is 7.89. The molecule has 0 saturated carbocycles. The number of alkyl halides is 3. The van der Waals surface area contributed by atoms with Crippen molar-refractivity contribution in [3.8, 4) is 0 Å². The molecule has 11 heteroatoms. The second kappa shape index (κ2) is 6.97. The van der Waals surface area contributed by atoms with Crippen LogP contribution in [0.1, 0.15) is 30.7 Å². The second-order valence-electron chi connectivity index (χ2n) is 5.81. The molecule has 2 aromatic rings. The molecule has 1 aliphatic heterocycles. The molecule has 1 aliphatic rings. The Kier molecular flexibility index (Phi) is 5.04. The number of hydrogen-bond acceptors (Lipinski definition) is 5. The fourth-order valence-electron chi connectivity index (χ4n) is 2.71. The van der Waals surface area contributed by atoms with Gasteiger partial charge in [0.1, 0.15) is 16.7 Å². The second-order valence-corrected chi connectivity index (χ2v) is 7.53. The molecule has 0 aliphatic carbocycles. The molecular formula is C15H17F3N4O3S. The molecule has 2 aromatic heterocycles. The van der Waals surface area contributed by atoms with Gasteiger partial charge in [-0.1, -0.05) is 0 Å². The lowest BCUT2D eigenvalue weighted by molar-refractivity contribution is -0.141. The van der Waals surface area contributed by atoms with Gasteiger partial charge in [-0.3, -0.25) is 9.67 Å². The zero-order chi connectivity index (χ0) is 18.9. The van der Waals surface area contributed by atoms with E-state index < -0.39 is 34.0 Å². The van der Waals surface area contributed by atoms with Crippen LogP contribution in [0, 0.1) is 0 Å². The molecular weight excluding hydrogens is 373 g/mol. The van der Waals surface area contributed by atoms with Crippen molar-refractivity contribution in [3.05, 3.63) is 42.0 Å². The molecule has 0 unspecified atom stereocenters. The van der Waals surface area contributed by atoms with Gasteiger partial charge in [-0.2, -0.15) is 18.3 Å². The van der Waals surface area contributed by atoms with Crippen molar-refractivity contribution < 1.29 is 26.3 Å². The van der Waals surface area contributed by atoms with E-state index in [1.165, 1.54) is 0 Å². The van der Waals surface area contributed by atoms with Gasteiger partial charge in [0.2, 0.25) is 10.0 Å². The van der Waals surface area contributed by atoms with Gasteiger partial charge in [-0.05, 0) is 25.5 Å². The van der Waals surface area contributed by atoms with Gasteiger partial charge in [0.15, 0.2) is 0 Å². The lowest BCUT2D eigenvalue weighted by atomic mass is 10.1. The van der Waals surface area contributed by atoms with Gasteiger partial charge in [-0.15, -0.1) is 0 Å². The SMILES string of the molecule is CCn1cc([C@H]2OCC[C@@H]2NS(=O)(=O)c2ccc(C(F)(F)F)nc2)cn1. The topological polar surface area (TPSA) is 86.1 Å². The molecule has 0 bridgehead atoms. The molecule has 2 atom stereocenters. The Labute approximate surface area is 148 Å². The Hall–Kier alpha value is -1.98. The van der Waals surface area contributed by atoms with E-state index in [0.29, 0.717) is 31.8 Å². The summed E-state index contributed by atoms with van der Waals surface area (Å²) < 4.78 is 72.4. The van der Waals surface area contributed by atoms with Crippen molar-refractivity contribution >= 4 is 10.0 Å². The lowest BCUT2D eigenvalue weighted by Gasteiger charge is -2.19. The average molecular weight is 390 g/mol. The summed E-state index contributed by atoms with van der Waals surface area (Å²) in [5.41, 5.74) is -0.409. The maximum absolute atomic E-state index is 12.6. The summed E-state index contributed by atoms with van der Waals surface area (Å²) in [5.74, 6) is 0. The van der Waals surface area contributed by atoms with E-state index in [1.54, 1.807) is 17.1 Å². The van der Waals surface area contributed by atoms with Crippen molar-refractivity contribution in [2.24, 2.45) is 0 Å². The number of rotatable bonds is 5. The monoisotopic (exact) mass is 390 g/mol. The molecule has 7 nitrogen and oxygen atoms in total. The highest BCUT2D eigenvalue weighted by Crippen LogP contribution is 2.31. The van der Waals surface area contributed by atoms with Gasteiger partial charge >= 0.3 is 6.18 Å². The van der Waals surface area contributed by atoms with Crippen molar-refractivity contribution in [1.29, 1.82) is 0 Å². The molecule has 142 valence electrons. The smallest absolute Gasteiger partial charge is 0.372 e. The van der Waals surface area contributed by atoms with Crippen molar-refractivity contribution in [1.82, 2.24) is 19.5 Å². The van der Waals surface area contributed by atoms with Crippen molar-refractivity contribution in [2.45, 2.75) is 43.1 Å². The molecule has 0 aromatic carbocycles. The third kappa shape index (κ3) is 3.89. The first-order chi connectivity index (χ1) is 12.2. The summed E-state index contributed by atoms with van der Waals surface area (Å²) >= 11 is 0. The van der Waals surface area contributed by atoms with Gasteiger partial charge in [0.25, 0.3) is 0 Å². The number of hydrogen-bond donors (Lipinski definition) is 1. The summed E-state index contributed by atoms with van der Waals surface area (Å²) in [4.78, 5) is 2.86. The molecule has 1 fully saturated rings. The number of halogens is 3. The summed E-state index contributed by atoms with van der Waals surface area (Å²) in [5, 5.41) is 4.14. The first-order valence-electron chi connectivity index (χ1n) is 7.90. The maximum atomic E-state index is 12.6. The van der Waals surface area contributed by atoms with Crippen LogP contribution >= 0.6 is 0 Å². The van der Waals surface area contributed by atoms with Gasteiger partial charge in [0, 0.05) is 31.1 Å². The van der Waals surface area contributed by atoms with Gasteiger partial charge in [-0.25, -0.2) is 13.1 Å². The Bertz CT molecular complexity index is 865. The Balaban J connectivity index is 1.77. The highest BCUT2D eigenvalue weighted by atomic mass is 32.2. The minimum atomic E-state index is -4.63. The van der Waals surface area contributed by atoms with E-state index in [1.807, 2.05) is 6.92 Å². The largest absolute Gasteiger partial charge is 0.433 e. The molecule has 3 heterocycles. The van der Waals surface area contributed by atoms with Gasteiger partial charge in [0.05, 0.1) is 12.2 Å². The van der Waals surface area contributed by atoms with Crippen LogP contribution in [0.3, 0.4) is 0 Å². The lowest BCUT2D eigenvalue weighted by Crippen LogP contribution is -2.36. The fraction of sp³-hybridized carbons (Fsp3) is 0.467. The number of sulfonamides is 1. The van der Waals surface area contributed by atoms with Crippen LogP contribution in [0.4, 0.5) is 13.2 Å². The van der Waals surface area contributed by atoms with Crippen LogP contribution < -0.4 is 4.72 Å². The quantitative estimate of drug-likeness (QED) is 0.845. The number of pyridine rings is 1. The van der Waals surface area contributed by atoms with Crippen LogP contribution in [0.2, 0.25) is 0 Å². The van der Waals surface area contributed by atoms with Crippen LogP contribution in [0.15, 0.2) is 35.6 Å². The normalized spacial score (nSPS) is 21.2. The Morgan fingerprint density at radius 2 is 2.12 bits per heavy atom. The highest BCUT2D eigenvalue weighted by Gasteiger charge is 2.35. The van der Waals surface area contributed by atoms with E-state index in [2.05, 4.69) is 14.8 Å². The predicted octanol–water partition coefficient (Wildman–Crippen LogP) is 2.13. The van der Waals surface area contributed by atoms with E-state index in [9.17, 15) is 21.6 Å². The standard InChI is InChI=1S/C15H17F3N4O3S/c1-2-22-9-10(7-20-22)14-12(5-6-25-14)21-26(23,24)11-3-4-13(19-8-11)15(16,17)18/h3-4,7-9,12,14,21H,2,5-6H2,1H3/t12-,14+/m0/s1. The number of ether oxygens (including phenoxy) is 1. The number of aryl methyl sites for hydroxylation is 1. The molecule has 1 saturated heterocycles. The Morgan fingerprint density at radius 3 is 2.69 bits per heavy atom. The van der Waals surface area contributed by atoms with E-state index >= 15 is 0 Å². The molecule has 0 amide bonds. The molecule has 0 radical (unpaired) electrons. The molecule has 3 rings (SSSR count). The van der Waals surface area contributed by atoms with Crippen LogP contribution in [0.5, 0.6) is 0 Å². The number of aromatic nitrogens is 3.